The summed E-state index contributed by atoms with van der Waals surface area (Å²) >= 11 is 0. The van der Waals surface area contributed by atoms with Crippen molar-refractivity contribution < 1.29 is 4.74 Å². The van der Waals surface area contributed by atoms with Gasteiger partial charge in [0.15, 0.2) is 0 Å². The monoisotopic (exact) mass is 348 g/mol. The zero-order valence-corrected chi connectivity index (χ0v) is 15.0. The Morgan fingerprint density at radius 2 is 2.08 bits per heavy atom. The molecule has 2 aromatic rings. The molecule has 0 amide bonds. The third-order valence-corrected chi connectivity index (χ3v) is 6.09. The number of hydrogen-bond acceptors (Lipinski definition) is 5. The molecule has 5 nitrogen and oxygen atoms in total. The molecule has 1 aromatic heterocycles. The molecule has 3 heterocycles. The number of nitrogens with zero attached hydrogens (tertiary/aromatic N) is 2. The van der Waals surface area contributed by atoms with Crippen LogP contribution < -0.4 is 15.8 Å². The molecule has 3 aliphatic rings. The maximum atomic E-state index is 6.70. The standard InChI is InChI=1S/C21H24N4O/c1-26-19-8-9-23-10-16(19)14-6-3-7-15-20(22)17-11-25(13-4-2-5-13)12-18(17)24-21(14)15/h3,6-10,13,20,24H,2,4-5,11-12,22H2,1H3. The van der Waals surface area contributed by atoms with Gasteiger partial charge >= 0.3 is 0 Å². The topological polar surface area (TPSA) is 63.4 Å². The van der Waals surface area contributed by atoms with Crippen LogP contribution >= 0.6 is 0 Å². The number of ether oxygens (including phenoxy) is 1. The molecule has 1 saturated carbocycles. The Morgan fingerprint density at radius 1 is 1.19 bits per heavy atom. The Bertz CT molecular complexity index is 887. The Kier molecular flexibility index (Phi) is 3.72. The smallest absolute Gasteiger partial charge is 0.129 e. The number of anilines is 1. The highest BCUT2D eigenvalue weighted by Crippen LogP contribution is 2.45. The van der Waals surface area contributed by atoms with Crippen LogP contribution in [0.2, 0.25) is 0 Å². The van der Waals surface area contributed by atoms with Gasteiger partial charge in [-0.2, -0.15) is 0 Å². The summed E-state index contributed by atoms with van der Waals surface area (Å²) in [5.41, 5.74) is 13.7. The van der Waals surface area contributed by atoms with Crippen LogP contribution in [0.1, 0.15) is 30.9 Å². The Morgan fingerprint density at radius 3 is 2.85 bits per heavy atom. The highest BCUT2D eigenvalue weighted by molar-refractivity contribution is 5.86. The van der Waals surface area contributed by atoms with Crippen LogP contribution in [0.5, 0.6) is 5.75 Å². The largest absolute Gasteiger partial charge is 0.496 e. The van der Waals surface area contributed by atoms with Gasteiger partial charge < -0.3 is 15.8 Å². The van der Waals surface area contributed by atoms with Crippen molar-refractivity contribution in [1.29, 1.82) is 0 Å². The summed E-state index contributed by atoms with van der Waals surface area (Å²) in [7, 11) is 1.70. The summed E-state index contributed by atoms with van der Waals surface area (Å²) in [6, 6.07) is 8.91. The van der Waals surface area contributed by atoms with Crippen LogP contribution in [0.25, 0.3) is 11.1 Å². The lowest BCUT2D eigenvalue weighted by Gasteiger charge is -2.34. The molecule has 0 bridgehead atoms. The predicted octanol–water partition coefficient (Wildman–Crippen LogP) is 3.30. The number of nitrogens with one attached hydrogen (secondary N) is 1. The van der Waals surface area contributed by atoms with Gasteiger partial charge in [0, 0.05) is 48.3 Å². The molecule has 3 N–H and O–H groups in total. The van der Waals surface area contributed by atoms with E-state index in [9.17, 15) is 0 Å². The van der Waals surface area contributed by atoms with Gasteiger partial charge in [-0.3, -0.25) is 9.88 Å². The molecule has 0 saturated heterocycles. The second-order valence-corrected chi connectivity index (χ2v) is 7.44. The van der Waals surface area contributed by atoms with E-state index in [1.165, 1.54) is 30.5 Å². The van der Waals surface area contributed by atoms with Gasteiger partial charge in [-0.15, -0.1) is 0 Å². The van der Waals surface area contributed by atoms with Crippen LogP contribution in [0, 0.1) is 0 Å². The molecule has 26 heavy (non-hydrogen) atoms. The maximum Gasteiger partial charge on any atom is 0.129 e. The second-order valence-electron chi connectivity index (χ2n) is 7.44. The Hall–Kier alpha value is -2.37. The van der Waals surface area contributed by atoms with Gasteiger partial charge in [-0.25, -0.2) is 0 Å². The van der Waals surface area contributed by atoms with Crippen LogP contribution in [0.4, 0.5) is 5.69 Å². The van der Waals surface area contributed by atoms with Gasteiger partial charge in [-0.05, 0) is 30.0 Å². The Balaban J connectivity index is 1.54. The van der Waals surface area contributed by atoms with Crippen molar-refractivity contribution in [3.8, 4) is 16.9 Å². The molecule has 5 rings (SSSR count). The summed E-state index contributed by atoms with van der Waals surface area (Å²) in [4.78, 5) is 6.88. The van der Waals surface area contributed by atoms with E-state index in [4.69, 9.17) is 10.5 Å². The average Bonchev–Trinajstić information content (AvgIpc) is 3.03. The molecule has 134 valence electrons. The third kappa shape index (κ3) is 2.35. The fourth-order valence-corrected chi connectivity index (χ4v) is 4.38. The number of fused-ring (bicyclic) bond motifs is 1. The molecule has 1 aliphatic carbocycles. The number of benzene rings is 1. The van der Waals surface area contributed by atoms with Crippen LogP contribution in [0.15, 0.2) is 47.9 Å². The summed E-state index contributed by atoms with van der Waals surface area (Å²) in [5.74, 6) is 0.825. The van der Waals surface area contributed by atoms with Crippen molar-refractivity contribution in [2.45, 2.75) is 31.3 Å². The van der Waals surface area contributed by atoms with Gasteiger partial charge in [-0.1, -0.05) is 24.6 Å². The van der Waals surface area contributed by atoms with E-state index in [0.29, 0.717) is 0 Å². The fraction of sp³-hybridized carbons (Fsp3) is 0.381. The quantitative estimate of drug-likeness (QED) is 0.891. The van der Waals surface area contributed by atoms with E-state index < -0.39 is 0 Å². The van der Waals surface area contributed by atoms with Gasteiger partial charge in [0.2, 0.25) is 0 Å². The first-order valence-electron chi connectivity index (χ1n) is 9.36. The van der Waals surface area contributed by atoms with E-state index in [1.807, 2.05) is 12.3 Å². The minimum absolute atomic E-state index is 0.0473. The maximum absolute atomic E-state index is 6.70. The van der Waals surface area contributed by atoms with Crippen LogP contribution in [-0.2, 0) is 0 Å². The van der Waals surface area contributed by atoms with E-state index in [2.05, 4.69) is 33.4 Å². The summed E-state index contributed by atoms with van der Waals surface area (Å²) in [6.07, 6.45) is 7.62. The summed E-state index contributed by atoms with van der Waals surface area (Å²) in [5, 5.41) is 3.72. The average molecular weight is 348 g/mol. The number of hydrogen-bond donors (Lipinski definition) is 2. The minimum Gasteiger partial charge on any atom is -0.496 e. The zero-order valence-electron chi connectivity index (χ0n) is 15.0. The summed E-state index contributed by atoms with van der Waals surface area (Å²) in [6.45, 7) is 1.97. The number of nitrogens with two attached hydrogens (primary N) is 1. The van der Waals surface area contributed by atoms with E-state index in [1.54, 1.807) is 13.3 Å². The number of pyridine rings is 1. The predicted molar refractivity (Wildman–Crippen MR) is 103 cm³/mol. The number of rotatable bonds is 3. The van der Waals surface area contributed by atoms with Gasteiger partial charge in [0.05, 0.1) is 18.8 Å². The normalized spacial score (nSPS) is 22.5. The van der Waals surface area contributed by atoms with Crippen molar-refractivity contribution in [3.05, 3.63) is 53.5 Å². The molecule has 1 atom stereocenters. The van der Waals surface area contributed by atoms with Gasteiger partial charge in [0.1, 0.15) is 5.75 Å². The second kappa shape index (κ2) is 6.11. The lowest BCUT2D eigenvalue weighted by molar-refractivity contribution is 0.161. The summed E-state index contributed by atoms with van der Waals surface area (Å²) < 4.78 is 5.56. The van der Waals surface area contributed by atoms with Crippen LogP contribution in [0.3, 0.4) is 0 Å². The highest BCUT2D eigenvalue weighted by Gasteiger charge is 2.37. The van der Waals surface area contributed by atoms with Crippen molar-refractivity contribution in [2.75, 3.05) is 25.5 Å². The number of methoxy groups -OCH3 is 1. The number of aromatic nitrogens is 1. The SMILES string of the molecule is COc1ccncc1-c1cccc2c1NC1=C(CN(C3CCC3)C1)C2N. The molecule has 2 aliphatic heterocycles. The van der Waals surface area contributed by atoms with Crippen molar-refractivity contribution in [3.63, 3.8) is 0 Å². The van der Waals surface area contributed by atoms with Crippen LogP contribution in [-0.4, -0.2) is 36.1 Å². The van der Waals surface area contributed by atoms with Crippen molar-refractivity contribution in [1.82, 2.24) is 9.88 Å². The molecular formula is C21H24N4O. The molecule has 0 radical (unpaired) electrons. The van der Waals surface area contributed by atoms with Crippen molar-refractivity contribution in [2.24, 2.45) is 5.73 Å². The number of para-hydroxylation sites is 1. The molecule has 1 fully saturated rings. The first kappa shape index (κ1) is 15.9. The molecule has 5 heteroatoms. The Labute approximate surface area is 153 Å². The minimum atomic E-state index is -0.0473. The first-order chi connectivity index (χ1) is 12.8. The molecule has 1 unspecified atom stereocenters. The van der Waals surface area contributed by atoms with E-state index >= 15 is 0 Å². The molecular weight excluding hydrogens is 324 g/mol. The molecule has 1 aromatic carbocycles. The first-order valence-corrected chi connectivity index (χ1v) is 9.36. The zero-order chi connectivity index (χ0) is 17.7. The highest BCUT2D eigenvalue weighted by atomic mass is 16.5. The van der Waals surface area contributed by atoms with E-state index in [0.717, 1.165) is 47.3 Å². The third-order valence-electron chi connectivity index (χ3n) is 6.09. The molecule has 0 spiro atoms. The fourth-order valence-electron chi connectivity index (χ4n) is 4.38. The lowest BCUT2D eigenvalue weighted by Crippen LogP contribution is -2.39. The van der Waals surface area contributed by atoms with Gasteiger partial charge in [0.25, 0.3) is 0 Å². The van der Waals surface area contributed by atoms with E-state index in [-0.39, 0.29) is 6.04 Å². The lowest BCUT2D eigenvalue weighted by atomic mass is 9.89. The van der Waals surface area contributed by atoms with Crippen molar-refractivity contribution >= 4 is 5.69 Å².